The summed E-state index contributed by atoms with van der Waals surface area (Å²) in [5.41, 5.74) is 8.26. The molecule has 4 N–H and O–H groups in total. The van der Waals surface area contributed by atoms with Gasteiger partial charge in [0.15, 0.2) is 11.5 Å². The Morgan fingerprint density at radius 3 is 2.24 bits per heavy atom. The maximum Gasteiger partial charge on any atom is 0.309 e. The van der Waals surface area contributed by atoms with Gasteiger partial charge in [0, 0.05) is 19.6 Å². The normalized spacial score (nSPS) is 11.9. The maximum atomic E-state index is 11.9. The Balaban J connectivity index is 1.48. The van der Waals surface area contributed by atoms with Gasteiger partial charge in [0.25, 0.3) is 0 Å². The Morgan fingerprint density at radius 2 is 1.52 bits per heavy atom. The second-order valence-electron chi connectivity index (χ2n) is 5.58. The fourth-order valence-corrected chi connectivity index (χ4v) is 2.44. The molecule has 3 rings (SSSR count). The minimum Gasteiger partial charge on any atom is -0.454 e. The van der Waals surface area contributed by atoms with Gasteiger partial charge in [0.05, 0.1) is 0 Å². The number of amides is 2. The number of rotatable bonds is 5. The van der Waals surface area contributed by atoms with Crippen molar-refractivity contribution in [2.24, 2.45) is 5.73 Å². The molecule has 1 aliphatic rings. The molecule has 0 fully saturated rings. The van der Waals surface area contributed by atoms with Crippen molar-refractivity contribution in [3.8, 4) is 11.5 Å². The lowest BCUT2D eigenvalue weighted by molar-refractivity contribution is -0.139. The Labute approximate surface area is 145 Å². The molecule has 0 spiro atoms. The summed E-state index contributed by atoms with van der Waals surface area (Å²) in [7, 11) is 0. The summed E-state index contributed by atoms with van der Waals surface area (Å²) < 4.78 is 10.5. The van der Waals surface area contributed by atoms with Crippen molar-refractivity contribution < 1.29 is 19.1 Å². The lowest BCUT2D eigenvalue weighted by atomic mass is 10.1. The van der Waals surface area contributed by atoms with Crippen LogP contribution >= 0.6 is 0 Å². The predicted octanol–water partition coefficient (Wildman–Crippen LogP) is 0.807. The molecular formula is C18H19N3O4. The maximum absolute atomic E-state index is 11.9. The Hall–Kier alpha value is -3.06. The first-order valence-corrected chi connectivity index (χ1v) is 7.88. The third-order valence-corrected chi connectivity index (χ3v) is 3.78. The Morgan fingerprint density at radius 1 is 0.880 bits per heavy atom. The van der Waals surface area contributed by atoms with Crippen molar-refractivity contribution >= 4 is 11.8 Å². The number of nitrogens with two attached hydrogens (primary N) is 1. The van der Waals surface area contributed by atoms with Crippen molar-refractivity contribution in [2.75, 3.05) is 6.79 Å². The smallest absolute Gasteiger partial charge is 0.309 e. The highest BCUT2D eigenvalue weighted by atomic mass is 16.7. The summed E-state index contributed by atoms with van der Waals surface area (Å²) in [6.07, 6.45) is 0. The number of nitrogens with one attached hydrogen (secondary N) is 2. The first-order valence-electron chi connectivity index (χ1n) is 7.88. The number of carbonyl (C=O) groups excluding carboxylic acids is 2. The molecule has 2 aromatic rings. The summed E-state index contributed by atoms with van der Waals surface area (Å²) in [5, 5.41) is 5.17. The van der Waals surface area contributed by atoms with Gasteiger partial charge in [-0.1, -0.05) is 30.3 Å². The van der Waals surface area contributed by atoms with Gasteiger partial charge >= 0.3 is 11.8 Å². The lowest BCUT2D eigenvalue weighted by Gasteiger charge is -2.08. The van der Waals surface area contributed by atoms with Gasteiger partial charge in [0.2, 0.25) is 6.79 Å². The van der Waals surface area contributed by atoms with Gasteiger partial charge in [-0.25, -0.2) is 0 Å². The first-order chi connectivity index (χ1) is 12.2. The second kappa shape index (κ2) is 7.67. The molecule has 2 amide bonds. The van der Waals surface area contributed by atoms with Crippen LogP contribution in [-0.2, 0) is 29.2 Å². The van der Waals surface area contributed by atoms with Gasteiger partial charge < -0.3 is 25.8 Å². The Kier molecular flexibility index (Phi) is 5.15. The molecule has 130 valence electrons. The molecule has 7 heteroatoms. The van der Waals surface area contributed by atoms with Gasteiger partial charge in [0.1, 0.15) is 0 Å². The second-order valence-corrected chi connectivity index (χ2v) is 5.58. The molecule has 1 heterocycles. The van der Waals surface area contributed by atoms with Gasteiger partial charge in [-0.05, 0) is 28.8 Å². The third-order valence-electron chi connectivity index (χ3n) is 3.78. The molecule has 0 bridgehead atoms. The molecule has 1 aliphatic heterocycles. The summed E-state index contributed by atoms with van der Waals surface area (Å²) in [6, 6.07) is 12.9. The molecule has 2 aromatic carbocycles. The van der Waals surface area contributed by atoms with E-state index in [1.807, 2.05) is 30.3 Å². The third kappa shape index (κ3) is 4.27. The summed E-state index contributed by atoms with van der Waals surface area (Å²) in [6.45, 7) is 1.12. The minimum atomic E-state index is -0.687. The summed E-state index contributed by atoms with van der Waals surface area (Å²) >= 11 is 0. The molecule has 0 aromatic heterocycles. The van der Waals surface area contributed by atoms with E-state index in [4.69, 9.17) is 15.2 Å². The molecular weight excluding hydrogens is 322 g/mol. The average molecular weight is 341 g/mol. The van der Waals surface area contributed by atoms with E-state index in [9.17, 15) is 9.59 Å². The van der Waals surface area contributed by atoms with Crippen LogP contribution in [0.15, 0.2) is 42.5 Å². The number of hydrogen-bond acceptors (Lipinski definition) is 5. The van der Waals surface area contributed by atoms with Crippen LogP contribution in [0.2, 0.25) is 0 Å². The van der Waals surface area contributed by atoms with Crippen molar-refractivity contribution in [3.05, 3.63) is 59.2 Å². The van der Waals surface area contributed by atoms with Crippen molar-refractivity contribution in [2.45, 2.75) is 19.6 Å². The number of ether oxygens (including phenoxy) is 2. The molecule has 0 saturated carbocycles. The first kappa shape index (κ1) is 16.8. The number of hydrogen-bond donors (Lipinski definition) is 3. The van der Waals surface area contributed by atoms with E-state index < -0.39 is 11.8 Å². The van der Waals surface area contributed by atoms with E-state index in [2.05, 4.69) is 10.6 Å². The van der Waals surface area contributed by atoms with Crippen LogP contribution in [0.25, 0.3) is 0 Å². The molecule has 25 heavy (non-hydrogen) atoms. The number of fused-ring (bicyclic) bond motifs is 1. The Bertz CT molecular complexity index is 792. The van der Waals surface area contributed by atoms with Crippen LogP contribution in [0.4, 0.5) is 0 Å². The van der Waals surface area contributed by atoms with Crippen molar-refractivity contribution in [3.63, 3.8) is 0 Å². The highest BCUT2D eigenvalue weighted by Gasteiger charge is 2.15. The average Bonchev–Trinajstić information content (AvgIpc) is 3.12. The SMILES string of the molecule is NCc1cccc(CNC(=O)C(=O)NCc2ccc3c(c2)OCO3)c1. The molecule has 0 saturated heterocycles. The quantitative estimate of drug-likeness (QED) is 0.698. The van der Waals surface area contributed by atoms with Crippen LogP contribution in [0.5, 0.6) is 11.5 Å². The monoisotopic (exact) mass is 341 g/mol. The standard InChI is InChI=1S/C18H19N3O4/c19-8-12-2-1-3-13(6-12)9-20-17(22)18(23)21-10-14-4-5-15-16(7-14)25-11-24-15/h1-7H,8-11,19H2,(H,20,22)(H,21,23). The zero-order valence-electron chi connectivity index (χ0n) is 13.6. The van der Waals surface area contributed by atoms with E-state index in [0.717, 1.165) is 16.7 Å². The van der Waals surface area contributed by atoms with Gasteiger partial charge in [-0.2, -0.15) is 0 Å². The lowest BCUT2D eigenvalue weighted by Crippen LogP contribution is -2.39. The fourth-order valence-electron chi connectivity index (χ4n) is 2.44. The number of carbonyl (C=O) groups is 2. The topological polar surface area (TPSA) is 103 Å². The van der Waals surface area contributed by atoms with Gasteiger partial charge in [-0.3, -0.25) is 9.59 Å². The molecule has 0 unspecified atom stereocenters. The largest absolute Gasteiger partial charge is 0.454 e. The van der Waals surface area contributed by atoms with Crippen LogP contribution in [0, 0.1) is 0 Å². The van der Waals surface area contributed by atoms with E-state index in [-0.39, 0.29) is 19.9 Å². The van der Waals surface area contributed by atoms with Crippen LogP contribution < -0.4 is 25.8 Å². The number of benzene rings is 2. The van der Waals surface area contributed by atoms with Gasteiger partial charge in [-0.15, -0.1) is 0 Å². The molecule has 7 nitrogen and oxygen atoms in total. The minimum absolute atomic E-state index is 0.193. The molecule has 0 aliphatic carbocycles. The highest BCUT2D eigenvalue weighted by molar-refractivity contribution is 6.35. The zero-order valence-corrected chi connectivity index (χ0v) is 13.6. The van der Waals surface area contributed by atoms with E-state index in [1.165, 1.54) is 0 Å². The van der Waals surface area contributed by atoms with Crippen LogP contribution in [-0.4, -0.2) is 18.6 Å². The zero-order chi connectivity index (χ0) is 17.6. The summed E-state index contributed by atoms with van der Waals surface area (Å²) in [5.74, 6) is -0.0601. The fraction of sp³-hybridized carbons (Fsp3) is 0.222. The predicted molar refractivity (Wildman–Crippen MR) is 90.6 cm³/mol. The van der Waals surface area contributed by atoms with E-state index in [1.54, 1.807) is 12.1 Å². The summed E-state index contributed by atoms with van der Waals surface area (Å²) in [4.78, 5) is 23.8. The highest BCUT2D eigenvalue weighted by Crippen LogP contribution is 2.32. The van der Waals surface area contributed by atoms with Crippen molar-refractivity contribution in [1.82, 2.24) is 10.6 Å². The van der Waals surface area contributed by atoms with Crippen LogP contribution in [0.3, 0.4) is 0 Å². The molecule has 0 atom stereocenters. The van der Waals surface area contributed by atoms with E-state index in [0.29, 0.717) is 18.0 Å². The van der Waals surface area contributed by atoms with Crippen LogP contribution in [0.1, 0.15) is 16.7 Å². The van der Waals surface area contributed by atoms with Crippen molar-refractivity contribution in [1.29, 1.82) is 0 Å². The molecule has 0 radical (unpaired) electrons. The van der Waals surface area contributed by atoms with E-state index >= 15 is 0 Å².